The summed E-state index contributed by atoms with van der Waals surface area (Å²) in [6, 6.07) is 6.11. The molecule has 0 bridgehead atoms. The number of nitrogens with one attached hydrogen (secondary N) is 1. The number of aromatic nitrogens is 1. The third kappa shape index (κ3) is 4.31. The van der Waals surface area contributed by atoms with Crippen molar-refractivity contribution in [3.05, 3.63) is 35.5 Å². The largest absolute Gasteiger partial charge is 0.431 e. The molecule has 0 radical (unpaired) electrons. The Balaban J connectivity index is 2.12. The molecule has 0 fully saturated rings. The zero-order valence-corrected chi connectivity index (χ0v) is 12.4. The SMILES string of the molecule is COCCOCOCC(=O)c1c(C(F)(F)F)[nH]c2ccccc12. The first-order chi connectivity index (χ1) is 10.9. The molecule has 0 atom stereocenters. The van der Waals surface area contributed by atoms with Crippen LogP contribution < -0.4 is 0 Å². The maximum atomic E-state index is 13.1. The fourth-order valence-electron chi connectivity index (χ4n) is 2.11. The zero-order valence-electron chi connectivity index (χ0n) is 12.4. The number of para-hydroxylation sites is 1. The van der Waals surface area contributed by atoms with Crippen molar-refractivity contribution in [1.82, 2.24) is 4.98 Å². The number of halogens is 3. The molecule has 2 rings (SSSR count). The molecule has 0 amide bonds. The highest BCUT2D eigenvalue weighted by Crippen LogP contribution is 2.35. The Morgan fingerprint density at radius 2 is 1.91 bits per heavy atom. The van der Waals surface area contributed by atoms with E-state index < -0.39 is 29.8 Å². The highest BCUT2D eigenvalue weighted by atomic mass is 19.4. The molecule has 1 aromatic heterocycles. The first kappa shape index (κ1) is 17.5. The molecule has 1 aromatic carbocycles. The molecule has 0 aliphatic carbocycles. The van der Waals surface area contributed by atoms with Crippen LogP contribution in [0.2, 0.25) is 0 Å². The Morgan fingerprint density at radius 1 is 1.17 bits per heavy atom. The number of ketones is 1. The van der Waals surface area contributed by atoms with Crippen molar-refractivity contribution in [3.63, 3.8) is 0 Å². The summed E-state index contributed by atoms with van der Waals surface area (Å²) >= 11 is 0. The van der Waals surface area contributed by atoms with E-state index in [4.69, 9.17) is 14.2 Å². The maximum absolute atomic E-state index is 13.1. The summed E-state index contributed by atoms with van der Waals surface area (Å²) in [6.45, 7) is -0.0692. The number of ether oxygens (including phenoxy) is 3. The van der Waals surface area contributed by atoms with Crippen LogP contribution >= 0.6 is 0 Å². The second kappa shape index (κ2) is 7.58. The molecule has 23 heavy (non-hydrogen) atoms. The van der Waals surface area contributed by atoms with Crippen molar-refractivity contribution in [2.75, 3.05) is 33.7 Å². The van der Waals surface area contributed by atoms with Crippen LogP contribution in [-0.4, -0.2) is 44.5 Å². The number of benzene rings is 1. The third-order valence-electron chi connectivity index (χ3n) is 3.10. The number of carbonyl (C=O) groups is 1. The number of carbonyl (C=O) groups excluding carboxylic acids is 1. The molecule has 0 spiro atoms. The van der Waals surface area contributed by atoms with E-state index in [2.05, 4.69) is 4.98 Å². The van der Waals surface area contributed by atoms with Crippen LogP contribution in [0.25, 0.3) is 10.9 Å². The van der Waals surface area contributed by atoms with E-state index in [1.165, 1.54) is 19.2 Å². The monoisotopic (exact) mass is 331 g/mol. The normalized spacial score (nSPS) is 12.0. The van der Waals surface area contributed by atoms with Gasteiger partial charge < -0.3 is 19.2 Å². The molecular weight excluding hydrogens is 315 g/mol. The van der Waals surface area contributed by atoms with Crippen molar-refractivity contribution < 1.29 is 32.2 Å². The lowest BCUT2D eigenvalue weighted by Crippen LogP contribution is -2.17. The molecule has 8 heteroatoms. The average Bonchev–Trinajstić information content (AvgIpc) is 2.90. The number of alkyl halides is 3. The quantitative estimate of drug-likeness (QED) is 0.459. The van der Waals surface area contributed by atoms with Gasteiger partial charge >= 0.3 is 6.18 Å². The summed E-state index contributed by atoms with van der Waals surface area (Å²) in [5, 5.41) is 0.216. The van der Waals surface area contributed by atoms with E-state index in [1.54, 1.807) is 12.1 Å². The number of fused-ring (bicyclic) bond motifs is 1. The van der Waals surface area contributed by atoms with Gasteiger partial charge in [-0.1, -0.05) is 18.2 Å². The lowest BCUT2D eigenvalue weighted by atomic mass is 10.1. The first-order valence-electron chi connectivity index (χ1n) is 6.80. The summed E-state index contributed by atoms with van der Waals surface area (Å²) in [7, 11) is 1.50. The van der Waals surface area contributed by atoms with E-state index in [1.807, 2.05) is 0 Å². The van der Waals surface area contributed by atoms with E-state index in [-0.39, 0.29) is 24.3 Å². The summed E-state index contributed by atoms with van der Waals surface area (Å²) in [5.74, 6) is -0.759. The summed E-state index contributed by atoms with van der Waals surface area (Å²) < 4.78 is 54.1. The number of hydrogen-bond donors (Lipinski definition) is 1. The Labute approximate surface area is 130 Å². The molecule has 2 aromatic rings. The van der Waals surface area contributed by atoms with Crippen LogP contribution in [0.1, 0.15) is 16.1 Å². The molecule has 0 saturated carbocycles. The van der Waals surface area contributed by atoms with E-state index >= 15 is 0 Å². The maximum Gasteiger partial charge on any atom is 0.431 e. The van der Waals surface area contributed by atoms with Gasteiger partial charge in [0.1, 0.15) is 19.1 Å². The molecule has 0 aliphatic rings. The molecule has 1 N–H and O–H groups in total. The summed E-state index contributed by atoms with van der Waals surface area (Å²) in [4.78, 5) is 14.4. The van der Waals surface area contributed by atoms with Crippen molar-refractivity contribution in [2.24, 2.45) is 0 Å². The van der Waals surface area contributed by atoms with Crippen LogP contribution in [-0.2, 0) is 20.4 Å². The molecule has 5 nitrogen and oxygen atoms in total. The number of Topliss-reactive ketones (excluding diaryl/α,β-unsaturated/α-hetero) is 1. The van der Waals surface area contributed by atoms with Crippen molar-refractivity contribution in [2.45, 2.75) is 6.18 Å². The second-order valence-electron chi connectivity index (χ2n) is 4.71. The number of H-pyrrole nitrogens is 1. The van der Waals surface area contributed by atoms with Gasteiger partial charge in [-0.2, -0.15) is 13.2 Å². The van der Waals surface area contributed by atoms with Crippen molar-refractivity contribution in [3.8, 4) is 0 Å². The number of hydrogen-bond acceptors (Lipinski definition) is 4. The first-order valence-corrected chi connectivity index (χ1v) is 6.80. The number of rotatable bonds is 8. The van der Waals surface area contributed by atoms with Crippen molar-refractivity contribution >= 4 is 16.7 Å². The molecule has 0 unspecified atom stereocenters. The van der Waals surface area contributed by atoms with Crippen molar-refractivity contribution in [1.29, 1.82) is 0 Å². The van der Waals surface area contributed by atoms with Gasteiger partial charge in [-0.05, 0) is 6.07 Å². The Bertz CT molecular complexity index is 666. The third-order valence-corrected chi connectivity index (χ3v) is 3.10. The van der Waals surface area contributed by atoms with Gasteiger partial charge in [-0.3, -0.25) is 4.79 Å². The second-order valence-corrected chi connectivity index (χ2v) is 4.71. The molecule has 0 aliphatic heterocycles. The Kier molecular flexibility index (Phi) is 5.75. The van der Waals surface area contributed by atoms with Crippen LogP contribution in [0.15, 0.2) is 24.3 Å². The highest BCUT2D eigenvalue weighted by Gasteiger charge is 2.38. The fourth-order valence-corrected chi connectivity index (χ4v) is 2.11. The summed E-state index contributed by atoms with van der Waals surface area (Å²) in [6.07, 6.45) is -4.65. The lowest BCUT2D eigenvalue weighted by Gasteiger charge is -2.08. The predicted octanol–water partition coefficient (Wildman–Crippen LogP) is 3.01. The zero-order chi connectivity index (χ0) is 16.9. The minimum Gasteiger partial charge on any atom is -0.382 e. The van der Waals surface area contributed by atoms with Crippen LogP contribution in [0.4, 0.5) is 13.2 Å². The summed E-state index contributed by atoms with van der Waals surface area (Å²) in [5.41, 5.74) is -1.22. The number of aromatic amines is 1. The Morgan fingerprint density at radius 3 is 2.61 bits per heavy atom. The van der Waals surface area contributed by atoms with Gasteiger partial charge in [0.25, 0.3) is 0 Å². The molecule has 1 heterocycles. The highest BCUT2D eigenvalue weighted by molar-refractivity contribution is 6.10. The minimum atomic E-state index is -4.65. The van der Waals surface area contributed by atoms with E-state index in [9.17, 15) is 18.0 Å². The van der Waals surface area contributed by atoms with E-state index in [0.29, 0.717) is 6.61 Å². The average molecular weight is 331 g/mol. The number of methoxy groups -OCH3 is 1. The molecule has 0 saturated heterocycles. The smallest absolute Gasteiger partial charge is 0.382 e. The van der Waals surface area contributed by atoms with Gasteiger partial charge in [0, 0.05) is 18.0 Å². The van der Waals surface area contributed by atoms with Crippen LogP contribution in [0.3, 0.4) is 0 Å². The van der Waals surface area contributed by atoms with Gasteiger partial charge in [-0.25, -0.2) is 0 Å². The van der Waals surface area contributed by atoms with Gasteiger partial charge in [-0.15, -0.1) is 0 Å². The predicted molar refractivity (Wildman–Crippen MR) is 76.3 cm³/mol. The molecular formula is C15H16F3NO4. The van der Waals surface area contributed by atoms with Gasteiger partial charge in [0.15, 0.2) is 5.78 Å². The van der Waals surface area contributed by atoms with Crippen LogP contribution in [0, 0.1) is 0 Å². The standard InChI is InChI=1S/C15H16F3NO4/c1-21-6-7-22-9-23-8-12(20)13-10-4-2-3-5-11(10)19-14(13)15(16,17)18/h2-5,19H,6-9H2,1H3. The minimum absolute atomic E-state index is 0.196. The van der Waals surface area contributed by atoms with Gasteiger partial charge in [0.05, 0.1) is 18.8 Å². The Hall–Kier alpha value is -1.90. The fraction of sp³-hybridized carbons (Fsp3) is 0.400. The lowest BCUT2D eigenvalue weighted by molar-refractivity contribution is -0.141. The van der Waals surface area contributed by atoms with Crippen LogP contribution in [0.5, 0.6) is 0 Å². The topological polar surface area (TPSA) is 60.6 Å². The molecule has 126 valence electrons. The van der Waals surface area contributed by atoms with Gasteiger partial charge in [0.2, 0.25) is 0 Å². The van der Waals surface area contributed by atoms with E-state index in [0.717, 1.165) is 0 Å².